The second-order valence-corrected chi connectivity index (χ2v) is 7.47. The Bertz CT molecular complexity index is 507. The fourth-order valence-corrected chi connectivity index (χ4v) is 4.11. The van der Waals surface area contributed by atoms with Crippen LogP contribution in [0.4, 0.5) is 0 Å². The first kappa shape index (κ1) is 16.7. The summed E-state index contributed by atoms with van der Waals surface area (Å²) in [7, 11) is 0. The van der Waals surface area contributed by atoms with Crippen molar-refractivity contribution in [2.24, 2.45) is 5.92 Å². The SMILES string of the molecule is CC1CCCN(CC(c2cccc(O)c2)N2CCNC(C)C2)C1. The smallest absolute Gasteiger partial charge is 0.115 e. The van der Waals surface area contributed by atoms with Crippen LogP contribution in [0.1, 0.15) is 38.3 Å². The van der Waals surface area contributed by atoms with Crippen molar-refractivity contribution in [1.82, 2.24) is 15.1 Å². The molecule has 2 aliphatic rings. The largest absolute Gasteiger partial charge is 0.508 e. The Morgan fingerprint density at radius 3 is 2.87 bits per heavy atom. The summed E-state index contributed by atoms with van der Waals surface area (Å²) in [5.74, 6) is 1.18. The van der Waals surface area contributed by atoms with Gasteiger partial charge in [-0.25, -0.2) is 0 Å². The highest BCUT2D eigenvalue weighted by atomic mass is 16.3. The van der Waals surface area contributed by atoms with Gasteiger partial charge in [-0.1, -0.05) is 19.1 Å². The summed E-state index contributed by atoms with van der Waals surface area (Å²) >= 11 is 0. The minimum atomic E-state index is 0.372. The Hall–Kier alpha value is -1.10. The summed E-state index contributed by atoms with van der Waals surface area (Å²) in [6.45, 7) is 11.3. The lowest BCUT2D eigenvalue weighted by molar-refractivity contribution is 0.0894. The third-order valence-corrected chi connectivity index (χ3v) is 5.27. The maximum Gasteiger partial charge on any atom is 0.115 e. The third kappa shape index (κ3) is 4.46. The number of nitrogens with zero attached hydrogens (tertiary/aromatic N) is 2. The van der Waals surface area contributed by atoms with Crippen molar-refractivity contribution in [2.45, 2.75) is 38.8 Å². The standard InChI is InChI=1S/C19H31N3O/c1-15-5-4-9-21(12-15)14-19(17-6-3-7-18(23)11-17)22-10-8-20-16(2)13-22/h3,6-7,11,15-16,19-20,23H,4-5,8-10,12-14H2,1-2H3. The lowest BCUT2D eigenvalue weighted by Gasteiger charge is -2.41. The first-order chi connectivity index (χ1) is 11.1. The molecule has 1 aromatic rings. The molecule has 1 aromatic carbocycles. The van der Waals surface area contributed by atoms with Gasteiger partial charge >= 0.3 is 0 Å². The van der Waals surface area contributed by atoms with Crippen molar-refractivity contribution in [2.75, 3.05) is 39.3 Å². The third-order valence-electron chi connectivity index (χ3n) is 5.27. The zero-order chi connectivity index (χ0) is 16.2. The average Bonchev–Trinajstić information content (AvgIpc) is 2.53. The predicted octanol–water partition coefficient (Wildman–Crippen LogP) is 2.46. The molecule has 0 aromatic heterocycles. The van der Waals surface area contributed by atoms with E-state index in [1.54, 1.807) is 6.07 Å². The van der Waals surface area contributed by atoms with E-state index >= 15 is 0 Å². The van der Waals surface area contributed by atoms with Crippen LogP contribution < -0.4 is 5.32 Å². The van der Waals surface area contributed by atoms with Crippen molar-refractivity contribution in [3.8, 4) is 5.75 Å². The van der Waals surface area contributed by atoms with E-state index in [2.05, 4.69) is 35.0 Å². The number of likely N-dealkylation sites (tertiary alicyclic amines) is 1. The highest BCUT2D eigenvalue weighted by Crippen LogP contribution is 2.27. The normalized spacial score (nSPS) is 28.6. The number of phenolic OH excluding ortho intramolecular Hbond substituents is 1. The van der Waals surface area contributed by atoms with Gasteiger partial charge in [0.25, 0.3) is 0 Å². The highest BCUT2D eigenvalue weighted by Gasteiger charge is 2.28. The summed E-state index contributed by atoms with van der Waals surface area (Å²) in [5.41, 5.74) is 1.25. The Morgan fingerprint density at radius 2 is 2.13 bits per heavy atom. The van der Waals surface area contributed by atoms with Gasteiger partial charge in [0.2, 0.25) is 0 Å². The summed E-state index contributed by atoms with van der Waals surface area (Å²) < 4.78 is 0. The summed E-state index contributed by atoms with van der Waals surface area (Å²) in [4.78, 5) is 5.21. The molecule has 0 radical (unpaired) electrons. The Morgan fingerprint density at radius 1 is 1.26 bits per heavy atom. The van der Waals surface area contributed by atoms with E-state index in [-0.39, 0.29) is 0 Å². The van der Waals surface area contributed by atoms with Crippen molar-refractivity contribution in [1.29, 1.82) is 0 Å². The van der Waals surface area contributed by atoms with Crippen LogP contribution in [0.2, 0.25) is 0 Å². The first-order valence-corrected chi connectivity index (χ1v) is 9.10. The Balaban J connectivity index is 1.77. The van der Waals surface area contributed by atoms with Crippen molar-refractivity contribution in [3.63, 3.8) is 0 Å². The van der Waals surface area contributed by atoms with E-state index in [4.69, 9.17) is 0 Å². The van der Waals surface area contributed by atoms with Gasteiger partial charge in [0, 0.05) is 44.8 Å². The molecule has 3 unspecified atom stereocenters. The number of aromatic hydroxyl groups is 1. The lowest BCUT2D eigenvalue weighted by atomic mass is 9.97. The van der Waals surface area contributed by atoms with Crippen LogP contribution in [0.5, 0.6) is 5.75 Å². The van der Waals surface area contributed by atoms with Gasteiger partial charge in [-0.3, -0.25) is 4.90 Å². The van der Waals surface area contributed by atoms with Gasteiger partial charge in [0.05, 0.1) is 0 Å². The molecule has 0 bridgehead atoms. The van der Waals surface area contributed by atoms with Crippen LogP contribution >= 0.6 is 0 Å². The van der Waals surface area contributed by atoms with E-state index in [1.165, 1.54) is 31.5 Å². The molecule has 23 heavy (non-hydrogen) atoms. The molecule has 2 saturated heterocycles. The molecule has 2 aliphatic heterocycles. The van der Waals surface area contributed by atoms with E-state index < -0.39 is 0 Å². The molecule has 0 aliphatic carbocycles. The zero-order valence-corrected chi connectivity index (χ0v) is 14.5. The molecule has 3 rings (SSSR count). The molecule has 2 heterocycles. The molecule has 2 N–H and O–H groups in total. The molecule has 2 fully saturated rings. The summed E-state index contributed by atoms with van der Waals surface area (Å²) in [5, 5.41) is 13.5. The molecule has 128 valence electrons. The number of nitrogens with one attached hydrogen (secondary N) is 1. The molecule has 3 atom stereocenters. The molecular formula is C19H31N3O. The lowest BCUT2D eigenvalue weighted by Crippen LogP contribution is -2.52. The fourth-order valence-electron chi connectivity index (χ4n) is 4.11. The molecule has 4 heteroatoms. The van der Waals surface area contributed by atoms with Crippen LogP contribution in [0.15, 0.2) is 24.3 Å². The van der Waals surface area contributed by atoms with E-state index in [9.17, 15) is 5.11 Å². The van der Waals surface area contributed by atoms with Crippen LogP contribution in [0.3, 0.4) is 0 Å². The van der Waals surface area contributed by atoms with Gasteiger partial charge in [-0.05, 0) is 49.9 Å². The van der Waals surface area contributed by atoms with Crippen LogP contribution in [0, 0.1) is 5.92 Å². The zero-order valence-electron chi connectivity index (χ0n) is 14.5. The molecular weight excluding hydrogens is 286 g/mol. The molecule has 0 amide bonds. The first-order valence-electron chi connectivity index (χ1n) is 9.10. The average molecular weight is 317 g/mol. The number of hydrogen-bond donors (Lipinski definition) is 2. The van der Waals surface area contributed by atoms with Gasteiger partial charge in [-0.15, -0.1) is 0 Å². The molecule has 4 nitrogen and oxygen atoms in total. The van der Waals surface area contributed by atoms with Gasteiger partial charge in [0.15, 0.2) is 0 Å². The second kappa shape index (κ2) is 7.65. The van der Waals surface area contributed by atoms with Gasteiger partial charge in [-0.2, -0.15) is 0 Å². The predicted molar refractivity (Wildman–Crippen MR) is 94.7 cm³/mol. The van der Waals surface area contributed by atoms with E-state index in [0.717, 1.165) is 32.1 Å². The summed E-state index contributed by atoms with van der Waals surface area (Å²) in [6.07, 6.45) is 2.67. The fraction of sp³-hybridized carbons (Fsp3) is 0.684. The number of benzene rings is 1. The van der Waals surface area contributed by atoms with Gasteiger partial charge < -0.3 is 15.3 Å². The number of hydrogen-bond acceptors (Lipinski definition) is 4. The maximum atomic E-state index is 9.92. The Labute approximate surface area is 140 Å². The monoisotopic (exact) mass is 317 g/mol. The topological polar surface area (TPSA) is 38.7 Å². The number of piperidine rings is 1. The number of rotatable bonds is 4. The van der Waals surface area contributed by atoms with Crippen LogP contribution in [0.25, 0.3) is 0 Å². The summed E-state index contributed by atoms with van der Waals surface area (Å²) in [6, 6.07) is 8.77. The number of phenols is 1. The number of piperazine rings is 1. The Kier molecular flexibility index (Phi) is 5.57. The molecule has 0 saturated carbocycles. The van der Waals surface area contributed by atoms with Crippen LogP contribution in [-0.4, -0.2) is 60.2 Å². The van der Waals surface area contributed by atoms with E-state index in [0.29, 0.717) is 17.8 Å². The highest BCUT2D eigenvalue weighted by molar-refractivity contribution is 5.30. The maximum absolute atomic E-state index is 9.92. The van der Waals surface area contributed by atoms with Crippen molar-refractivity contribution < 1.29 is 5.11 Å². The minimum Gasteiger partial charge on any atom is -0.508 e. The minimum absolute atomic E-state index is 0.372. The van der Waals surface area contributed by atoms with E-state index in [1.807, 2.05) is 12.1 Å². The molecule has 0 spiro atoms. The van der Waals surface area contributed by atoms with Crippen molar-refractivity contribution >= 4 is 0 Å². The quantitative estimate of drug-likeness (QED) is 0.895. The van der Waals surface area contributed by atoms with Crippen LogP contribution in [-0.2, 0) is 0 Å². The second-order valence-electron chi connectivity index (χ2n) is 7.47. The van der Waals surface area contributed by atoms with Crippen molar-refractivity contribution in [3.05, 3.63) is 29.8 Å². The van der Waals surface area contributed by atoms with Gasteiger partial charge in [0.1, 0.15) is 5.75 Å².